The third kappa shape index (κ3) is 3.50. The van der Waals surface area contributed by atoms with Gasteiger partial charge in [-0.15, -0.1) is 11.3 Å². The molecule has 0 radical (unpaired) electrons. The monoisotopic (exact) mass is 229 g/mol. The van der Waals surface area contributed by atoms with Gasteiger partial charge in [-0.1, -0.05) is 20.8 Å². The summed E-state index contributed by atoms with van der Waals surface area (Å²) >= 11 is 1.81. The predicted octanol–water partition coefficient (Wildman–Crippen LogP) is 3.15. The summed E-state index contributed by atoms with van der Waals surface area (Å²) in [5, 5.41) is 0. The molecular weight excluding hydrogens is 206 g/mol. The minimum atomic E-state index is 0.718. The van der Waals surface area contributed by atoms with Gasteiger partial charge >= 0.3 is 0 Å². The van der Waals surface area contributed by atoms with Gasteiger partial charge in [0.25, 0.3) is 0 Å². The van der Waals surface area contributed by atoms with Gasteiger partial charge in [-0.3, -0.25) is 0 Å². The molecule has 1 rings (SSSR count). The fourth-order valence-corrected chi connectivity index (χ4v) is 2.84. The van der Waals surface area contributed by atoms with Crippen LogP contribution in [-0.2, 0) is 12.8 Å². The molecule has 0 saturated carbocycles. The van der Waals surface area contributed by atoms with Crippen molar-refractivity contribution in [3.8, 4) is 5.75 Å². The van der Waals surface area contributed by atoms with E-state index in [4.69, 9.17) is 10.5 Å². The second kappa shape index (κ2) is 7.71. The van der Waals surface area contributed by atoms with E-state index in [1.54, 1.807) is 7.11 Å². The third-order valence-corrected chi connectivity index (χ3v) is 3.32. The standard InChI is InChI=1S/C10H17NOS.C2H6/c1-4-8-9(5-6-11)13-7(2)10(8)12-3;1-2/h4-6,11H2,1-3H3;1-2H3. The van der Waals surface area contributed by atoms with Gasteiger partial charge in [-0.25, -0.2) is 0 Å². The lowest BCUT2D eigenvalue weighted by Gasteiger charge is -2.03. The first-order valence-electron chi connectivity index (χ1n) is 5.59. The van der Waals surface area contributed by atoms with Crippen molar-refractivity contribution in [3.05, 3.63) is 15.3 Å². The quantitative estimate of drug-likeness (QED) is 0.860. The van der Waals surface area contributed by atoms with E-state index >= 15 is 0 Å². The first-order chi connectivity index (χ1) is 7.24. The Kier molecular flexibility index (Phi) is 7.44. The van der Waals surface area contributed by atoms with Crippen LogP contribution < -0.4 is 10.5 Å². The lowest BCUT2D eigenvalue weighted by molar-refractivity contribution is 0.409. The average Bonchev–Trinajstić information content (AvgIpc) is 2.57. The maximum atomic E-state index is 5.55. The van der Waals surface area contributed by atoms with Crippen LogP contribution in [-0.4, -0.2) is 13.7 Å². The molecule has 0 aliphatic heterocycles. The fourth-order valence-electron chi connectivity index (χ4n) is 1.59. The van der Waals surface area contributed by atoms with Crippen LogP contribution in [0.4, 0.5) is 0 Å². The molecule has 1 aromatic heterocycles. The Morgan fingerprint density at radius 3 is 2.33 bits per heavy atom. The molecule has 88 valence electrons. The van der Waals surface area contributed by atoms with Crippen LogP contribution in [0.25, 0.3) is 0 Å². The molecule has 0 aliphatic rings. The zero-order chi connectivity index (χ0) is 11.8. The second-order valence-corrected chi connectivity index (χ2v) is 4.29. The van der Waals surface area contributed by atoms with Crippen molar-refractivity contribution in [1.82, 2.24) is 0 Å². The van der Waals surface area contributed by atoms with Crippen LogP contribution >= 0.6 is 11.3 Å². The van der Waals surface area contributed by atoms with Gasteiger partial charge < -0.3 is 10.5 Å². The first-order valence-corrected chi connectivity index (χ1v) is 6.41. The number of hydrogen-bond donors (Lipinski definition) is 1. The highest BCUT2D eigenvalue weighted by Crippen LogP contribution is 2.35. The zero-order valence-electron chi connectivity index (χ0n) is 10.5. The summed E-state index contributed by atoms with van der Waals surface area (Å²) < 4.78 is 5.36. The van der Waals surface area contributed by atoms with Crippen molar-refractivity contribution in [2.75, 3.05) is 13.7 Å². The van der Waals surface area contributed by atoms with E-state index in [0.717, 1.165) is 25.1 Å². The van der Waals surface area contributed by atoms with Crippen molar-refractivity contribution in [3.63, 3.8) is 0 Å². The Balaban J connectivity index is 0.000000921. The minimum absolute atomic E-state index is 0.718. The molecule has 0 aromatic carbocycles. The van der Waals surface area contributed by atoms with E-state index in [2.05, 4.69) is 13.8 Å². The smallest absolute Gasteiger partial charge is 0.135 e. The van der Waals surface area contributed by atoms with Gasteiger partial charge in [0, 0.05) is 15.3 Å². The molecule has 1 heterocycles. The van der Waals surface area contributed by atoms with Crippen molar-refractivity contribution in [1.29, 1.82) is 0 Å². The number of hydrogen-bond acceptors (Lipinski definition) is 3. The molecule has 0 aliphatic carbocycles. The summed E-state index contributed by atoms with van der Waals surface area (Å²) in [6.07, 6.45) is 2.00. The van der Waals surface area contributed by atoms with Crippen LogP contribution in [0.3, 0.4) is 0 Å². The van der Waals surface area contributed by atoms with Gasteiger partial charge in [-0.05, 0) is 26.3 Å². The van der Waals surface area contributed by atoms with Crippen LogP contribution in [0.2, 0.25) is 0 Å². The second-order valence-electron chi connectivity index (χ2n) is 2.99. The van der Waals surface area contributed by atoms with E-state index in [0.29, 0.717) is 0 Å². The molecule has 0 bridgehead atoms. The SMILES string of the molecule is CC.CCc1c(CCN)sc(C)c1OC. The molecule has 0 atom stereocenters. The molecule has 1 aromatic rings. The number of rotatable bonds is 4. The van der Waals surface area contributed by atoms with E-state index in [-0.39, 0.29) is 0 Å². The lowest BCUT2D eigenvalue weighted by Crippen LogP contribution is -2.03. The summed E-state index contributed by atoms with van der Waals surface area (Å²) in [7, 11) is 1.74. The number of nitrogens with two attached hydrogens (primary N) is 1. The Hall–Kier alpha value is -0.540. The van der Waals surface area contributed by atoms with Crippen LogP contribution in [0, 0.1) is 6.92 Å². The summed E-state index contributed by atoms with van der Waals surface area (Å²) in [6.45, 7) is 8.98. The fraction of sp³-hybridized carbons (Fsp3) is 0.667. The Morgan fingerprint density at radius 2 is 1.93 bits per heavy atom. The number of methoxy groups -OCH3 is 1. The third-order valence-electron chi connectivity index (χ3n) is 2.14. The highest BCUT2D eigenvalue weighted by Gasteiger charge is 2.13. The topological polar surface area (TPSA) is 35.2 Å². The Morgan fingerprint density at radius 1 is 1.33 bits per heavy atom. The van der Waals surface area contributed by atoms with E-state index in [1.165, 1.54) is 15.3 Å². The summed E-state index contributed by atoms with van der Waals surface area (Å²) in [5.41, 5.74) is 6.89. The molecule has 15 heavy (non-hydrogen) atoms. The Bertz CT molecular complexity index is 281. The van der Waals surface area contributed by atoms with Crippen molar-refractivity contribution >= 4 is 11.3 Å². The Labute approximate surface area is 97.5 Å². The normalized spacial score (nSPS) is 9.47. The molecule has 0 amide bonds. The van der Waals surface area contributed by atoms with E-state index in [1.807, 2.05) is 25.2 Å². The first kappa shape index (κ1) is 14.5. The number of thiophene rings is 1. The van der Waals surface area contributed by atoms with Crippen molar-refractivity contribution in [2.45, 2.75) is 40.5 Å². The van der Waals surface area contributed by atoms with Crippen LogP contribution in [0.1, 0.15) is 36.1 Å². The molecule has 0 fully saturated rings. The van der Waals surface area contributed by atoms with Gasteiger partial charge in [0.1, 0.15) is 5.75 Å². The van der Waals surface area contributed by atoms with Crippen molar-refractivity contribution in [2.24, 2.45) is 5.73 Å². The molecule has 2 N–H and O–H groups in total. The summed E-state index contributed by atoms with van der Waals surface area (Å²) in [5.74, 6) is 1.07. The van der Waals surface area contributed by atoms with Gasteiger partial charge in [0.15, 0.2) is 0 Å². The molecule has 3 heteroatoms. The summed E-state index contributed by atoms with van der Waals surface area (Å²) in [6, 6.07) is 0. The van der Waals surface area contributed by atoms with Gasteiger partial charge in [0.2, 0.25) is 0 Å². The minimum Gasteiger partial charge on any atom is -0.495 e. The highest BCUT2D eigenvalue weighted by atomic mass is 32.1. The number of aryl methyl sites for hydroxylation is 1. The van der Waals surface area contributed by atoms with Gasteiger partial charge in [-0.2, -0.15) is 0 Å². The summed E-state index contributed by atoms with van der Waals surface area (Å²) in [4.78, 5) is 2.65. The maximum absolute atomic E-state index is 5.55. The van der Waals surface area contributed by atoms with Crippen LogP contribution in [0.5, 0.6) is 5.75 Å². The van der Waals surface area contributed by atoms with E-state index < -0.39 is 0 Å². The highest BCUT2D eigenvalue weighted by molar-refractivity contribution is 7.12. The van der Waals surface area contributed by atoms with E-state index in [9.17, 15) is 0 Å². The zero-order valence-corrected chi connectivity index (χ0v) is 11.3. The lowest BCUT2D eigenvalue weighted by atomic mass is 10.1. The van der Waals surface area contributed by atoms with Crippen molar-refractivity contribution < 1.29 is 4.74 Å². The average molecular weight is 229 g/mol. The molecule has 0 saturated heterocycles. The molecule has 0 spiro atoms. The molecule has 2 nitrogen and oxygen atoms in total. The largest absolute Gasteiger partial charge is 0.495 e. The molecule has 0 unspecified atom stereocenters. The van der Waals surface area contributed by atoms with Crippen LogP contribution in [0.15, 0.2) is 0 Å². The van der Waals surface area contributed by atoms with Gasteiger partial charge in [0.05, 0.1) is 7.11 Å². The predicted molar refractivity (Wildman–Crippen MR) is 69.1 cm³/mol. The molecular formula is C12H23NOS. The number of ether oxygens (including phenoxy) is 1. The maximum Gasteiger partial charge on any atom is 0.135 e.